The van der Waals surface area contributed by atoms with Crippen LogP contribution < -0.4 is 0 Å². The van der Waals surface area contributed by atoms with Gasteiger partial charge in [0.1, 0.15) is 0 Å². The molecule has 1 fully saturated rings. The Morgan fingerprint density at radius 1 is 1.50 bits per heavy atom. The van der Waals surface area contributed by atoms with E-state index in [1.54, 1.807) is 0 Å². The average molecular weight is 237 g/mol. The molecule has 1 aliphatic rings. The quantitative estimate of drug-likeness (QED) is 0.596. The van der Waals surface area contributed by atoms with Crippen molar-refractivity contribution in [1.29, 1.82) is 0 Å². The summed E-state index contributed by atoms with van der Waals surface area (Å²) in [6.07, 6.45) is 6.06. The molecule has 1 aliphatic heterocycles. The fourth-order valence-corrected chi connectivity index (χ4v) is 3.30. The standard InChI is InChI=1S/C7H13OSi.Mo/c1-2-7(9)5-3-4-6-8-7;/h1-2H,3-6H2,9H3;. The molecule has 0 amide bonds. The summed E-state index contributed by atoms with van der Waals surface area (Å²) in [5, 5.41) is 0.190. The van der Waals surface area contributed by atoms with Crippen LogP contribution in [-0.2, 0) is 24.6 Å². The maximum atomic E-state index is 5.68. The van der Waals surface area contributed by atoms with Crippen LogP contribution in [0.15, 0.2) is 10.5 Å². The van der Waals surface area contributed by atoms with Gasteiger partial charge in [0.25, 0.3) is 0 Å². The molecule has 1 unspecified atom stereocenters. The second kappa shape index (κ2) is 3.84. The summed E-state index contributed by atoms with van der Waals surface area (Å²) in [6.45, 7) is 0.967. The molecule has 1 saturated heterocycles. The van der Waals surface area contributed by atoms with Gasteiger partial charge in [-0.3, -0.25) is 0 Å². The Kier molecular flexibility index (Phi) is 3.34. The first-order valence-electron chi connectivity index (χ1n) is 3.70. The van der Waals surface area contributed by atoms with Gasteiger partial charge in [-0.05, 0) is 0 Å². The monoisotopic (exact) mass is 239 g/mol. The van der Waals surface area contributed by atoms with Crippen molar-refractivity contribution in [3.8, 4) is 0 Å². The van der Waals surface area contributed by atoms with Crippen molar-refractivity contribution < 1.29 is 24.6 Å². The number of ether oxygens (including phenoxy) is 1. The predicted molar refractivity (Wildman–Crippen MR) is 41.6 cm³/mol. The molecule has 1 rings (SSSR count). The molecule has 0 radical (unpaired) electrons. The van der Waals surface area contributed by atoms with Crippen LogP contribution in [0.25, 0.3) is 0 Å². The molecule has 10 heavy (non-hydrogen) atoms. The Hall–Kier alpha value is 0.605. The molecule has 0 aromatic heterocycles. The van der Waals surface area contributed by atoms with Crippen molar-refractivity contribution in [2.24, 2.45) is 0 Å². The molecule has 1 nitrogen and oxygen atoms in total. The number of hydrogen-bond donors (Lipinski definition) is 0. The van der Waals surface area contributed by atoms with Gasteiger partial charge in [-0.1, -0.05) is 0 Å². The molecule has 1 heterocycles. The molecule has 0 spiro atoms. The molecule has 0 aromatic rings. The van der Waals surface area contributed by atoms with Crippen LogP contribution in [0.3, 0.4) is 0 Å². The average Bonchev–Trinajstić information content (AvgIpc) is 1.89. The topological polar surface area (TPSA) is 9.23 Å². The van der Waals surface area contributed by atoms with E-state index in [0.717, 1.165) is 16.8 Å². The normalized spacial score (nSPS) is 35.2. The fourth-order valence-electron chi connectivity index (χ4n) is 1.23. The molecule has 3 heteroatoms. The molecular weight excluding hydrogens is 224 g/mol. The zero-order chi connectivity index (χ0) is 7.45. The van der Waals surface area contributed by atoms with Gasteiger partial charge in [-0.25, -0.2) is 0 Å². The van der Waals surface area contributed by atoms with Gasteiger partial charge in [-0.15, -0.1) is 0 Å². The van der Waals surface area contributed by atoms with E-state index in [-0.39, 0.29) is 5.22 Å². The van der Waals surface area contributed by atoms with E-state index in [1.165, 1.54) is 19.3 Å². The van der Waals surface area contributed by atoms with E-state index in [0.29, 0.717) is 0 Å². The summed E-state index contributed by atoms with van der Waals surface area (Å²) >= 11 is 2.00. The Labute approximate surface area is 76.5 Å². The van der Waals surface area contributed by atoms with Crippen molar-refractivity contribution in [1.82, 2.24) is 0 Å². The van der Waals surface area contributed by atoms with E-state index < -0.39 is 0 Å². The summed E-state index contributed by atoms with van der Waals surface area (Å²) in [5.74, 6) is 0. The summed E-state index contributed by atoms with van der Waals surface area (Å²) < 4.78 is 7.80. The van der Waals surface area contributed by atoms with Crippen LogP contribution in [0.5, 0.6) is 0 Å². The van der Waals surface area contributed by atoms with Crippen LogP contribution >= 0.6 is 0 Å². The molecule has 0 N–H and O–H groups in total. The first-order valence-corrected chi connectivity index (χ1v) is 5.86. The maximum absolute atomic E-state index is 5.68. The molecule has 0 saturated carbocycles. The first kappa shape index (κ1) is 8.70. The molecule has 0 aliphatic carbocycles. The van der Waals surface area contributed by atoms with Crippen LogP contribution in [0, 0.1) is 0 Å². The van der Waals surface area contributed by atoms with Gasteiger partial charge in [0.15, 0.2) is 0 Å². The van der Waals surface area contributed by atoms with Gasteiger partial charge in [-0.2, -0.15) is 0 Å². The zero-order valence-electron chi connectivity index (χ0n) is 6.30. The summed E-state index contributed by atoms with van der Waals surface area (Å²) in [5.41, 5.74) is 0. The van der Waals surface area contributed by atoms with Gasteiger partial charge >= 0.3 is 76.4 Å². The SMILES string of the molecule is [SiH3]C1(C=[CH][Mo])CCCCO1. The van der Waals surface area contributed by atoms with Crippen molar-refractivity contribution in [2.75, 3.05) is 6.61 Å². The Balaban J connectivity index is 2.48. The Morgan fingerprint density at radius 3 is 2.80 bits per heavy atom. The number of hydrogen-bond acceptors (Lipinski definition) is 1. The van der Waals surface area contributed by atoms with Crippen molar-refractivity contribution >= 4 is 10.2 Å². The fraction of sp³-hybridized carbons (Fsp3) is 0.714. The van der Waals surface area contributed by atoms with E-state index in [2.05, 4.69) is 10.5 Å². The van der Waals surface area contributed by atoms with Gasteiger partial charge in [0.2, 0.25) is 0 Å². The number of rotatable bonds is 1. The van der Waals surface area contributed by atoms with Crippen LogP contribution in [-0.4, -0.2) is 22.1 Å². The minimum absolute atomic E-state index is 0.190. The van der Waals surface area contributed by atoms with Crippen LogP contribution in [0.4, 0.5) is 0 Å². The van der Waals surface area contributed by atoms with Gasteiger partial charge in [0, 0.05) is 0 Å². The molecule has 0 bridgehead atoms. The third-order valence-corrected chi connectivity index (χ3v) is 3.38. The third-order valence-electron chi connectivity index (χ3n) is 1.92. The van der Waals surface area contributed by atoms with Crippen molar-refractivity contribution in [3.05, 3.63) is 10.5 Å². The molecule has 1 atom stereocenters. The van der Waals surface area contributed by atoms with E-state index in [4.69, 9.17) is 4.74 Å². The van der Waals surface area contributed by atoms with E-state index >= 15 is 0 Å². The third kappa shape index (κ3) is 2.33. The second-order valence-corrected chi connectivity index (χ2v) is 5.28. The van der Waals surface area contributed by atoms with Gasteiger partial charge in [0.05, 0.1) is 0 Å². The summed E-state index contributed by atoms with van der Waals surface area (Å²) in [6, 6.07) is 0. The minimum atomic E-state index is 0.190. The molecular formula is C7H13MoOSi. The molecule has 0 aromatic carbocycles. The van der Waals surface area contributed by atoms with E-state index in [9.17, 15) is 0 Å². The van der Waals surface area contributed by atoms with E-state index in [1.807, 2.05) is 19.8 Å². The second-order valence-electron chi connectivity index (χ2n) is 2.92. The Bertz CT molecular complexity index is 130. The van der Waals surface area contributed by atoms with Crippen LogP contribution in [0.1, 0.15) is 19.3 Å². The molecule has 57 valence electrons. The first-order chi connectivity index (χ1) is 4.77. The summed E-state index contributed by atoms with van der Waals surface area (Å²) in [7, 11) is 1.13. The zero-order valence-corrected chi connectivity index (χ0v) is 10.3. The van der Waals surface area contributed by atoms with Gasteiger partial charge < -0.3 is 0 Å². The predicted octanol–water partition coefficient (Wildman–Crippen LogP) is 0.309. The van der Waals surface area contributed by atoms with Crippen LogP contribution in [0.2, 0.25) is 0 Å². The Morgan fingerprint density at radius 2 is 2.30 bits per heavy atom. The summed E-state index contributed by atoms with van der Waals surface area (Å²) in [4.78, 5) is 0. The van der Waals surface area contributed by atoms with Crippen molar-refractivity contribution in [2.45, 2.75) is 24.5 Å². The van der Waals surface area contributed by atoms with Crippen molar-refractivity contribution in [3.63, 3.8) is 0 Å².